The van der Waals surface area contributed by atoms with E-state index < -0.39 is 0 Å². The van der Waals surface area contributed by atoms with Gasteiger partial charge in [0, 0.05) is 14.1 Å². The summed E-state index contributed by atoms with van der Waals surface area (Å²) in [5.74, 6) is 0.948. The van der Waals surface area contributed by atoms with Crippen LogP contribution in [0.3, 0.4) is 0 Å². The first kappa shape index (κ1) is 10.4. The van der Waals surface area contributed by atoms with E-state index in [0.717, 1.165) is 12.0 Å². The third-order valence-corrected chi connectivity index (χ3v) is 4.63. The van der Waals surface area contributed by atoms with Gasteiger partial charge in [0.05, 0.1) is 5.69 Å². The molecule has 0 radical (unpaired) electrons. The van der Waals surface area contributed by atoms with Crippen molar-refractivity contribution in [2.75, 3.05) is 5.32 Å². The molecule has 3 rings (SSSR count). The number of benzene rings is 1. The Kier molecular flexibility index (Phi) is 2.71. The molecule has 80 valence electrons. The number of nitrogens with one attached hydrogen (secondary N) is 1. The molecule has 0 saturated heterocycles. The lowest BCUT2D eigenvalue weighted by molar-refractivity contribution is 0.569. The van der Waals surface area contributed by atoms with E-state index in [1.165, 1.54) is 45.0 Å². The maximum atomic E-state index is 3.70. The number of aryl methyl sites for hydroxylation is 1. The second-order valence-electron chi connectivity index (χ2n) is 4.55. The highest BCUT2D eigenvalue weighted by Crippen LogP contribution is 2.41. The zero-order valence-corrected chi connectivity index (χ0v) is 12.1. The van der Waals surface area contributed by atoms with Crippen molar-refractivity contribution in [3.63, 3.8) is 0 Å². The van der Waals surface area contributed by atoms with Crippen LogP contribution >= 0.6 is 38.5 Å². The number of rotatable bonds is 1. The molecule has 1 N–H and O–H groups in total. The van der Waals surface area contributed by atoms with E-state index >= 15 is 0 Å². The molecule has 0 amide bonds. The molecule has 1 fully saturated rings. The molecule has 1 aromatic carbocycles. The zero-order valence-electron chi connectivity index (χ0n) is 8.39. The molecule has 0 aromatic heterocycles. The van der Waals surface area contributed by atoms with Gasteiger partial charge in [-0.25, -0.2) is 0 Å². The molecular formula is C12H13BrIN. The third-order valence-electron chi connectivity index (χ3n) is 3.38. The highest BCUT2D eigenvalue weighted by Gasteiger charge is 2.33. The summed E-state index contributed by atoms with van der Waals surface area (Å²) in [5.41, 5.74) is 2.82. The summed E-state index contributed by atoms with van der Waals surface area (Å²) in [7, 11) is 0. The van der Waals surface area contributed by atoms with E-state index in [4.69, 9.17) is 0 Å². The van der Waals surface area contributed by atoms with Crippen LogP contribution in [-0.4, -0.2) is 6.04 Å². The maximum Gasteiger partial charge on any atom is 0.0520 e. The number of hydrogen-bond donors (Lipinski definition) is 1. The fourth-order valence-corrected chi connectivity index (χ4v) is 4.14. The quantitative estimate of drug-likeness (QED) is 0.723. The molecule has 1 nitrogen and oxygen atoms in total. The largest absolute Gasteiger partial charge is 0.381 e. The van der Waals surface area contributed by atoms with Gasteiger partial charge in [-0.05, 0) is 87.8 Å². The summed E-state index contributed by atoms with van der Waals surface area (Å²) in [6.07, 6.45) is 5.40. The fourth-order valence-electron chi connectivity index (χ4n) is 2.41. The first-order valence-corrected chi connectivity index (χ1v) is 7.35. The van der Waals surface area contributed by atoms with Crippen molar-refractivity contribution in [1.82, 2.24) is 0 Å². The number of halogens is 2. The summed E-state index contributed by atoms with van der Waals surface area (Å²) in [5, 5.41) is 3.70. The highest BCUT2D eigenvalue weighted by molar-refractivity contribution is 14.1. The molecule has 3 heteroatoms. The second kappa shape index (κ2) is 3.91. The lowest BCUT2D eigenvalue weighted by Gasteiger charge is -2.28. The van der Waals surface area contributed by atoms with Gasteiger partial charge < -0.3 is 5.32 Å². The predicted molar refractivity (Wildman–Crippen MR) is 75.3 cm³/mol. The molecule has 1 atom stereocenters. The van der Waals surface area contributed by atoms with Gasteiger partial charge in [-0.1, -0.05) is 0 Å². The van der Waals surface area contributed by atoms with E-state index in [2.05, 4.69) is 56.0 Å². The Hall–Kier alpha value is 0.230. The Morgan fingerprint density at radius 3 is 2.80 bits per heavy atom. The Morgan fingerprint density at radius 1 is 1.27 bits per heavy atom. The van der Waals surface area contributed by atoms with Gasteiger partial charge >= 0.3 is 0 Å². The molecule has 1 heterocycles. The Labute approximate surface area is 112 Å². The van der Waals surface area contributed by atoms with Crippen molar-refractivity contribution in [3.05, 3.63) is 25.7 Å². The minimum atomic E-state index is 0.730. The van der Waals surface area contributed by atoms with E-state index in [9.17, 15) is 0 Å². The smallest absolute Gasteiger partial charge is 0.0520 e. The van der Waals surface area contributed by atoms with Gasteiger partial charge in [0.2, 0.25) is 0 Å². The molecule has 0 spiro atoms. The second-order valence-corrected chi connectivity index (χ2v) is 6.65. The molecule has 1 saturated carbocycles. The highest BCUT2D eigenvalue weighted by atomic mass is 127. The molecule has 0 bridgehead atoms. The van der Waals surface area contributed by atoms with Crippen molar-refractivity contribution in [2.24, 2.45) is 5.92 Å². The van der Waals surface area contributed by atoms with Crippen LogP contribution in [0, 0.1) is 9.49 Å². The first-order valence-electron chi connectivity index (χ1n) is 5.48. The average molecular weight is 378 g/mol. The first-order chi connectivity index (χ1) is 7.24. The van der Waals surface area contributed by atoms with E-state index in [-0.39, 0.29) is 0 Å². The van der Waals surface area contributed by atoms with Gasteiger partial charge in [-0.3, -0.25) is 0 Å². The van der Waals surface area contributed by atoms with Crippen LogP contribution in [-0.2, 0) is 6.42 Å². The van der Waals surface area contributed by atoms with Crippen molar-refractivity contribution < 1.29 is 0 Å². The Morgan fingerprint density at radius 2 is 2.07 bits per heavy atom. The third kappa shape index (κ3) is 2.05. The molecule has 2 aliphatic rings. The number of hydrogen-bond acceptors (Lipinski definition) is 1. The van der Waals surface area contributed by atoms with E-state index in [1.54, 1.807) is 0 Å². The van der Waals surface area contributed by atoms with Gasteiger partial charge in [0.15, 0.2) is 0 Å². The van der Waals surface area contributed by atoms with Crippen molar-refractivity contribution in [1.29, 1.82) is 0 Å². The van der Waals surface area contributed by atoms with Crippen molar-refractivity contribution in [2.45, 2.75) is 31.7 Å². The van der Waals surface area contributed by atoms with Crippen LogP contribution in [0.1, 0.15) is 24.8 Å². The SMILES string of the molecule is Brc1cc(I)cc2c1NC(C1CC1)CC2. The Balaban J connectivity index is 1.93. The maximum absolute atomic E-state index is 3.70. The summed E-state index contributed by atoms with van der Waals surface area (Å²) in [4.78, 5) is 0. The van der Waals surface area contributed by atoms with Crippen molar-refractivity contribution in [3.8, 4) is 0 Å². The summed E-state index contributed by atoms with van der Waals surface area (Å²) in [6.45, 7) is 0. The molecule has 1 unspecified atom stereocenters. The van der Waals surface area contributed by atoms with Gasteiger partial charge in [-0.2, -0.15) is 0 Å². The molecule has 15 heavy (non-hydrogen) atoms. The molecule has 1 aromatic rings. The fraction of sp³-hybridized carbons (Fsp3) is 0.500. The molecule has 1 aliphatic carbocycles. The average Bonchev–Trinajstić information content (AvgIpc) is 3.00. The zero-order chi connectivity index (χ0) is 10.4. The molecular weight excluding hydrogens is 365 g/mol. The van der Waals surface area contributed by atoms with Crippen LogP contribution in [0.25, 0.3) is 0 Å². The minimum Gasteiger partial charge on any atom is -0.381 e. The van der Waals surface area contributed by atoms with Gasteiger partial charge in [0.25, 0.3) is 0 Å². The summed E-state index contributed by atoms with van der Waals surface area (Å²) >= 11 is 6.05. The topological polar surface area (TPSA) is 12.0 Å². The van der Waals surface area contributed by atoms with Crippen LogP contribution in [0.4, 0.5) is 5.69 Å². The lowest BCUT2D eigenvalue weighted by Crippen LogP contribution is -2.27. The normalized spacial score (nSPS) is 24.5. The number of anilines is 1. The van der Waals surface area contributed by atoms with E-state index in [0.29, 0.717) is 0 Å². The minimum absolute atomic E-state index is 0.730. The van der Waals surface area contributed by atoms with Gasteiger partial charge in [0.1, 0.15) is 0 Å². The lowest BCUT2D eigenvalue weighted by atomic mass is 9.95. The standard InChI is InChI=1S/C12H13BrIN/c13-10-6-9(14)5-8-3-4-11(7-1-2-7)15-12(8)10/h5-7,11,15H,1-4H2. The van der Waals surface area contributed by atoms with Crippen LogP contribution in [0.15, 0.2) is 16.6 Å². The monoisotopic (exact) mass is 377 g/mol. The van der Waals surface area contributed by atoms with Crippen molar-refractivity contribution >= 4 is 44.2 Å². The van der Waals surface area contributed by atoms with Crippen LogP contribution in [0.5, 0.6) is 0 Å². The predicted octanol–water partition coefficient (Wildman–Crippen LogP) is 4.19. The summed E-state index contributed by atoms with van der Waals surface area (Å²) in [6, 6.07) is 5.23. The number of fused-ring (bicyclic) bond motifs is 1. The van der Waals surface area contributed by atoms with Crippen LogP contribution < -0.4 is 5.32 Å². The van der Waals surface area contributed by atoms with Crippen LogP contribution in [0.2, 0.25) is 0 Å². The Bertz CT molecular complexity index is 401. The van der Waals surface area contributed by atoms with E-state index in [1.807, 2.05) is 0 Å². The summed E-state index contributed by atoms with van der Waals surface area (Å²) < 4.78 is 2.56. The van der Waals surface area contributed by atoms with Gasteiger partial charge in [-0.15, -0.1) is 0 Å². The molecule has 1 aliphatic heterocycles.